The summed E-state index contributed by atoms with van der Waals surface area (Å²) in [6, 6.07) is 15.4. The highest BCUT2D eigenvalue weighted by molar-refractivity contribution is 7.80. The molecule has 0 saturated heterocycles. The van der Waals surface area contributed by atoms with E-state index in [1.807, 2.05) is 69.3 Å². The molecule has 0 unspecified atom stereocenters. The monoisotopic (exact) mass is 562 g/mol. The number of nitrogens with one attached hydrogen (secondary N) is 3. The number of hydrogen-bond acceptors (Lipinski definition) is 8. The van der Waals surface area contributed by atoms with Crippen LogP contribution in [-0.2, 0) is 17.7 Å². The van der Waals surface area contributed by atoms with Crippen LogP contribution in [0.25, 0.3) is 10.2 Å². The van der Waals surface area contributed by atoms with Crippen LogP contribution >= 0.6 is 23.6 Å². The number of carbonyl (C=O) groups excluding carboxylic acids is 1. The standard InChI is InChI=1S/C28H30N6O3S2/c1-28(2,3)37-27(35)34-14-13-21-22(15-34)39-25-23(21)24(29-16-30-25)31-17-5-7-18(8-6-17)32-26(38)33-19-9-11-20(36-4)12-10-19/h5-12,16H,13-15H2,1-4H3,(H,29,30,31)(H2,32,33,38). The second-order valence-corrected chi connectivity index (χ2v) is 11.6. The van der Waals surface area contributed by atoms with E-state index >= 15 is 0 Å². The van der Waals surface area contributed by atoms with Gasteiger partial charge in [0, 0.05) is 28.5 Å². The minimum absolute atomic E-state index is 0.289. The highest BCUT2D eigenvalue weighted by atomic mass is 32.1. The van der Waals surface area contributed by atoms with Gasteiger partial charge in [-0.1, -0.05) is 0 Å². The smallest absolute Gasteiger partial charge is 0.410 e. The Kier molecular flexibility index (Phi) is 7.53. The Morgan fingerprint density at radius 3 is 2.28 bits per heavy atom. The van der Waals surface area contributed by atoms with E-state index in [-0.39, 0.29) is 6.09 Å². The topological polar surface area (TPSA) is 101 Å². The van der Waals surface area contributed by atoms with Crippen molar-refractivity contribution in [3.05, 3.63) is 65.3 Å². The molecule has 0 saturated carbocycles. The minimum Gasteiger partial charge on any atom is -0.497 e. The molecule has 1 amide bonds. The van der Waals surface area contributed by atoms with Gasteiger partial charge in [-0.15, -0.1) is 11.3 Å². The van der Waals surface area contributed by atoms with Crippen LogP contribution in [-0.4, -0.2) is 45.3 Å². The van der Waals surface area contributed by atoms with Gasteiger partial charge in [-0.2, -0.15) is 0 Å². The Labute approximate surface area is 236 Å². The number of fused-ring (bicyclic) bond motifs is 3. The van der Waals surface area contributed by atoms with Crippen LogP contribution < -0.4 is 20.7 Å². The highest BCUT2D eigenvalue weighted by Crippen LogP contribution is 2.38. The number of thiophene rings is 1. The number of methoxy groups -OCH3 is 1. The molecule has 3 heterocycles. The molecular weight excluding hydrogens is 532 g/mol. The lowest BCUT2D eigenvalue weighted by molar-refractivity contribution is 0.0227. The molecule has 39 heavy (non-hydrogen) atoms. The van der Waals surface area contributed by atoms with E-state index in [1.165, 1.54) is 5.56 Å². The van der Waals surface area contributed by atoms with Crippen molar-refractivity contribution in [2.24, 2.45) is 0 Å². The van der Waals surface area contributed by atoms with Gasteiger partial charge >= 0.3 is 6.09 Å². The molecule has 2 aromatic carbocycles. The molecule has 9 nitrogen and oxygen atoms in total. The number of nitrogens with zero attached hydrogens (tertiary/aromatic N) is 3. The SMILES string of the molecule is COc1ccc(NC(=S)Nc2ccc(Nc3ncnc4sc5c(c34)CCN(C(=O)OC(C)(C)C)C5)cc2)cc1. The molecule has 0 atom stereocenters. The summed E-state index contributed by atoms with van der Waals surface area (Å²) in [6.07, 6.45) is 2.00. The summed E-state index contributed by atoms with van der Waals surface area (Å²) in [5.74, 6) is 1.54. The lowest BCUT2D eigenvalue weighted by Crippen LogP contribution is -2.39. The molecule has 3 N–H and O–H groups in total. The Bertz CT molecular complexity index is 1500. The summed E-state index contributed by atoms with van der Waals surface area (Å²) < 4.78 is 10.8. The third-order valence-electron chi connectivity index (χ3n) is 6.04. The van der Waals surface area contributed by atoms with E-state index < -0.39 is 5.60 Å². The summed E-state index contributed by atoms with van der Waals surface area (Å²) in [5.41, 5.74) is 3.28. The molecule has 4 aromatic rings. The Hall–Kier alpha value is -3.96. The van der Waals surface area contributed by atoms with Crippen LogP contribution in [0.4, 0.5) is 27.7 Å². The minimum atomic E-state index is -0.525. The number of rotatable bonds is 5. The van der Waals surface area contributed by atoms with Crippen molar-refractivity contribution in [3.63, 3.8) is 0 Å². The first-order chi connectivity index (χ1) is 18.7. The van der Waals surface area contributed by atoms with Gasteiger partial charge in [0.2, 0.25) is 0 Å². The maximum absolute atomic E-state index is 12.6. The van der Waals surface area contributed by atoms with E-state index in [0.29, 0.717) is 18.2 Å². The van der Waals surface area contributed by atoms with Crippen LogP contribution in [0.5, 0.6) is 5.75 Å². The number of anilines is 4. The molecule has 0 fully saturated rings. The van der Waals surface area contributed by atoms with Gasteiger partial charge in [0.15, 0.2) is 5.11 Å². The first kappa shape index (κ1) is 26.6. The Morgan fingerprint density at radius 1 is 1.00 bits per heavy atom. The quantitative estimate of drug-likeness (QED) is 0.234. The largest absolute Gasteiger partial charge is 0.497 e. The lowest BCUT2D eigenvalue weighted by Gasteiger charge is -2.30. The third-order valence-corrected chi connectivity index (χ3v) is 7.37. The van der Waals surface area contributed by atoms with Gasteiger partial charge in [-0.25, -0.2) is 14.8 Å². The normalized spacial score (nSPS) is 13.0. The number of benzene rings is 2. The average Bonchev–Trinajstić information content (AvgIpc) is 3.28. The Morgan fingerprint density at radius 2 is 1.64 bits per heavy atom. The lowest BCUT2D eigenvalue weighted by atomic mass is 10.1. The second-order valence-electron chi connectivity index (χ2n) is 10.1. The molecule has 2 aromatic heterocycles. The van der Waals surface area contributed by atoms with Crippen molar-refractivity contribution in [2.75, 3.05) is 29.6 Å². The van der Waals surface area contributed by atoms with E-state index in [0.717, 1.165) is 50.1 Å². The summed E-state index contributed by atoms with van der Waals surface area (Å²) in [5, 5.41) is 11.3. The number of aromatic nitrogens is 2. The zero-order chi connectivity index (χ0) is 27.6. The summed E-state index contributed by atoms with van der Waals surface area (Å²) in [7, 11) is 1.64. The fourth-order valence-electron chi connectivity index (χ4n) is 4.25. The molecule has 11 heteroatoms. The van der Waals surface area contributed by atoms with Gasteiger partial charge < -0.3 is 30.3 Å². The zero-order valence-corrected chi connectivity index (χ0v) is 23.8. The van der Waals surface area contributed by atoms with E-state index in [9.17, 15) is 4.79 Å². The van der Waals surface area contributed by atoms with Crippen LogP contribution in [0, 0.1) is 0 Å². The second kappa shape index (κ2) is 11.0. The fourth-order valence-corrected chi connectivity index (χ4v) is 5.68. The van der Waals surface area contributed by atoms with Crippen molar-refractivity contribution in [2.45, 2.75) is 39.3 Å². The number of amides is 1. The van der Waals surface area contributed by atoms with Gasteiger partial charge in [0.05, 0.1) is 19.0 Å². The maximum atomic E-state index is 12.6. The fraction of sp³-hybridized carbons (Fsp3) is 0.286. The summed E-state index contributed by atoms with van der Waals surface area (Å²) in [4.78, 5) is 25.4. The van der Waals surface area contributed by atoms with Crippen LogP contribution in [0.15, 0.2) is 54.9 Å². The molecule has 202 valence electrons. The van der Waals surface area contributed by atoms with Gasteiger partial charge in [0.25, 0.3) is 0 Å². The number of thiocarbonyl (C=S) groups is 1. The molecule has 1 aliphatic heterocycles. The Balaban J connectivity index is 1.26. The molecule has 1 aliphatic rings. The van der Waals surface area contributed by atoms with Crippen LogP contribution in [0.2, 0.25) is 0 Å². The molecular formula is C28H30N6O3S2. The molecule has 5 rings (SSSR count). The van der Waals surface area contributed by atoms with Crippen LogP contribution in [0.1, 0.15) is 31.2 Å². The summed E-state index contributed by atoms with van der Waals surface area (Å²) in [6.45, 7) is 6.74. The van der Waals surface area contributed by atoms with Crippen molar-refractivity contribution in [3.8, 4) is 5.75 Å². The van der Waals surface area contributed by atoms with Gasteiger partial charge in [0.1, 0.15) is 28.3 Å². The van der Waals surface area contributed by atoms with Crippen molar-refractivity contribution in [1.82, 2.24) is 14.9 Å². The van der Waals surface area contributed by atoms with Crippen LogP contribution in [0.3, 0.4) is 0 Å². The molecule has 0 spiro atoms. The number of carbonyl (C=O) groups is 1. The number of hydrogen-bond donors (Lipinski definition) is 3. The first-order valence-corrected chi connectivity index (χ1v) is 13.7. The average molecular weight is 563 g/mol. The van der Waals surface area contributed by atoms with Crippen molar-refractivity contribution < 1.29 is 14.3 Å². The van der Waals surface area contributed by atoms with Crippen molar-refractivity contribution in [1.29, 1.82) is 0 Å². The molecule has 0 bridgehead atoms. The van der Waals surface area contributed by atoms with Gasteiger partial charge in [-0.3, -0.25) is 0 Å². The van der Waals surface area contributed by atoms with E-state index in [1.54, 1.807) is 29.7 Å². The molecule has 0 radical (unpaired) electrons. The third kappa shape index (κ3) is 6.37. The zero-order valence-electron chi connectivity index (χ0n) is 22.2. The van der Waals surface area contributed by atoms with E-state index in [2.05, 4.69) is 25.9 Å². The number of ether oxygens (including phenoxy) is 2. The summed E-state index contributed by atoms with van der Waals surface area (Å²) >= 11 is 7.05. The first-order valence-electron chi connectivity index (χ1n) is 12.5. The highest BCUT2D eigenvalue weighted by Gasteiger charge is 2.29. The predicted octanol–water partition coefficient (Wildman–Crippen LogP) is 6.55. The van der Waals surface area contributed by atoms with E-state index in [4.69, 9.17) is 21.7 Å². The molecule has 0 aliphatic carbocycles. The van der Waals surface area contributed by atoms with Gasteiger partial charge in [-0.05, 0) is 93.5 Å². The van der Waals surface area contributed by atoms with Crippen molar-refractivity contribution >= 4 is 67.9 Å². The predicted molar refractivity (Wildman–Crippen MR) is 160 cm³/mol. The maximum Gasteiger partial charge on any atom is 0.410 e.